The Balaban J connectivity index is 2.84. The molecular weight excluding hydrogens is 182 g/mol. The van der Waals surface area contributed by atoms with Crippen LogP contribution < -0.4 is 0 Å². The van der Waals surface area contributed by atoms with Crippen molar-refractivity contribution in [1.29, 1.82) is 0 Å². The van der Waals surface area contributed by atoms with Gasteiger partial charge < -0.3 is 0 Å². The number of rotatable bonds is 4. The van der Waals surface area contributed by atoms with E-state index in [9.17, 15) is 0 Å². The van der Waals surface area contributed by atoms with E-state index in [4.69, 9.17) is 5.53 Å². The fourth-order valence-corrected chi connectivity index (χ4v) is 1.66. The number of thioether (sulfide) groups is 1. The normalized spacial score (nSPS) is 9.31. The van der Waals surface area contributed by atoms with Gasteiger partial charge in [-0.05, 0) is 16.8 Å². The van der Waals surface area contributed by atoms with Crippen LogP contribution in [0.5, 0.6) is 0 Å². The summed E-state index contributed by atoms with van der Waals surface area (Å²) in [6, 6.07) is 7.67. The lowest BCUT2D eigenvalue weighted by Crippen LogP contribution is -1.80. The van der Waals surface area contributed by atoms with Crippen LogP contribution in [0.15, 0.2) is 29.4 Å². The summed E-state index contributed by atoms with van der Waals surface area (Å²) < 4.78 is 0. The molecule has 0 aliphatic carbocycles. The van der Waals surface area contributed by atoms with Gasteiger partial charge in [0.05, 0.1) is 0 Å². The lowest BCUT2D eigenvalue weighted by Gasteiger charge is -2.02. The van der Waals surface area contributed by atoms with E-state index in [2.05, 4.69) is 16.9 Å². The first kappa shape index (κ1) is 9.96. The average molecular weight is 193 g/mol. The van der Waals surface area contributed by atoms with Crippen LogP contribution in [0.3, 0.4) is 0 Å². The number of hydrogen-bond acceptors (Lipinski definition) is 2. The van der Waals surface area contributed by atoms with E-state index in [1.165, 1.54) is 0 Å². The number of hydrogen-bond donors (Lipinski definition) is 0. The second-order valence-electron chi connectivity index (χ2n) is 2.46. The van der Waals surface area contributed by atoms with Crippen molar-refractivity contribution >= 4 is 17.4 Å². The Morgan fingerprint density at radius 3 is 2.92 bits per heavy atom. The highest BCUT2D eigenvalue weighted by molar-refractivity contribution is 7.98. The second kappa shape index (κ2) is 5.51. The zero-order valence-electron chi connectivity index (χ0n) is 7.47. The molecule has 1 aromatic carbocycles. The quantitative estimate of drug-likeness (QED) is 0.406. The first-order valence-corrected chi connectivity index (χ1v) is 5.24. The van der Waals surface area contributed by atoms with Crippen molar-refractivity contribution in [3.63, 3.8) is 0 Å². The van der Waals surface area contributed by atoms with E-state index in [0.717, 1.165) is 22.8 Å². The maximum absolute atomic E-state index is 8.32. The van der Waals surface area contributed by atoms with Crippen molar-refractivity contribution < 1.29 is 0 Å². The summed E-state index contributed by atoms with van der Waals surface area (Å²) in [5.41, 5.74) is 10.2. The van der Waals surface area contributed by atoms with Crippen LogP contribution >= 0.6 is 11.8 Å². The zero-order chi connectivity index (χ0) is 9.52. The summed E-state index contributed by atoms with van der Waals surface area (Å²) in [4.78, 5) is 2.79. The first-order chi connectivity index (χ1) is 6.38. The molecule has 1 aromatic rings. The Bertz CT molecular complexity index is 318. The molecule has 13 heavy (non-hydrogen) atoms. The number of nitrogens with zero attached hydrogens (tertiary/aromatic N) is 3. The van der Waals surface area contributed by atoms with Gasteiger partial charge in [0.15, 0.2) is 0 Å². The lowest BCUT2D eigenvalue weighted by atomic mass is 10.2. The molecule has 0 fully saturated rings. The molecule has 3 nitrogen and oxygen atoms in total. The van der Waals surface area contributed by atoms with Crippen LogP contribution in [0.4, 0.5) is 5.69 Å². The van der Waals surface area contributed by atoms with Gasteiger partial charge in [0.25, 0.3) is 0 Å². The molecule has 0 aromatic heterocycles. The Morgan fingerprint density at radius 1 is 1.46 bits per heavy atom. The molecule has 0 aliphatic heterocycles. The van der Waals surface area contributed by atoms with Crippen molar-refractivity contribution in [3.05, 3.63) is 40.3 Å². The highest BCUT2D eigenvalue weighted by Gasteiger charge is 1.97. The van der Waals surface area contributed by atoms with Gasteiger partial charge in [0, 0.05) is 16.4 Å². The molecule has 0 amide bonds. The van der Waals surface area contributed by atoms with Crippen LogP contribution in [-0.4, -0.2) is 5.75 Å². The maximum atomic E-state index is 8.32. The van der Waals surface area contributed by atoms with Gasteiger partial charge >= 0.3 is 0 Å². The van der Waals surface area contributed by atoms with Crippen LogP contribution in [0.2, 0.25) is 0 Å². The second-order valence-corrected chi connectivity index (χ2v) is 3.73. The average Bonchev–Trinajstić information content (AvgIpc) is 2.17. The summed E-state index contributed by atoms with van der Waals surface area (Å²) in [6.45, 7) is 2.11. The topological polar surface area (TPSA) is 48.8 Å². The molecule has 0 saturated carbocycles. The maximum Gasteiger partial charge on any atom is 0.0415 e. The number of azide groups is 1. The zero-order valence-corrected chi connectivity index (χ0v) is 8.29. The van der Waals surface area contributed by atoms with Crippen molar-refractivity contribution in [2.24, 2.45) is 5.11 Å². The molecule has 0 saturated heterocycles. The molecule has 0 unspecified atom stereocenters. The molecule has 68 valence electrons. The Hall–Kier alpha value is -1.12. The highest BCUT2D eigenvalue weighted by atomic mass is 32.2. The SMILES string of the molecule is CCSCc1ccccc1N=[N+]=[N-]. The van der Waals surface area contributed by atoms with Crippen molar-refractivity contribution in [3.8, 4) is 0 Å². The van der Waals surface area contributed by atoms with Crippen molar-refractivity contribution in [1.82, 2.24) is 0 Å². The molecule has 0 bridgehead atoms. The molecular formula is C9H11N3S. The van der Waals surface area contributed by atoms with E-state index < -0.39 is 0 Å². The minimum atomic E-state index is 0.742. The summed E-state index contributed by atoms with van der Waals surface area (Å²) >= 11 is 1.82. The van der Waals surface area contributed by atoms with Gasteiger partial charge in [-0.1, -0.05) is 36.3 Å². The smallest absolute Gasteiger partial charge is 0.0415 e. The summed E-state index contributed by atoms with van der Waals surface area (Å²) in [6.07, 6.45) is 0. The summed E-state index contributed by atoms with van der Waals surface area (Å²) in [5, 5.41) is 3.63. The molecule has 0 spiro atoms. The van der Waals surface area contributed by atoms with Gasteiger partial charge in [-0.15, -0.1) is 0 Å². The Kier molecular flexibility index (Phi) is 4.23. The number of benzene rings is 1. The summed E-state index contributed by atoms with van der Waals surface area (Å²) in [5.74, 6) is 1.98. The van der Waals surface area contributed by atoms with Crippen LogP contribution in [0, 0.1) is 0 Å². The molecule has 4 heteroatoms. The van der Waals surface area contributed by atoms with E-state index in [1.54, 1.807) is 0 Å². The molecule has 0 radical (unpaired) electrons. The third kappa shape index (κ3) is 3.01. The van der Waals surface area contributed by atoms with Gasteiger partial charge in [-0.3, -0.25) is 0 Å². The third-order valence-corrected chi connectivity index (χ3v) is 2.53. The molecule has 0 aliphatic rings. The van der Waals surface area contributed by atoms with E-state index in [1.807, 2.05) is 36.0 Å². The van der Waals surface area contributed by atoms with E-state index in [-0.39, 0.29) is 0 Å². The predicted octanol–water partition coefficient (Wildman–Crippen LogP) is 3.88. The predicted molar refractivity (Wildman–Crippen MR) is 57.1 cm³/mol. The lowest BCUT2D eigenvalue weighted by molar-refractivity contribution is 1.34. The fraction of sp³-hybridized carbons (Fsp3) is 0.333. The van der Waals surface area contributed by atoms with Crippen molar-refractivity contribution in [2.75, 3.05) is 5.75 Å². The minimum Gasteiger partial charge on any atom is -0.157 e. The first-order valence-electron chi connectivity index (χ1n) is 4.09. The fourth-order valence-electron chi connectivity index (χ4n) is 0.991. The standard InChI is InChI=1S/C9H11N3S/c1-2-13-7-8-5-3-4-6-9(8)11-12-10/h3-6H,2,7H2,1H3. The summed E-state index contributed by atoms with van der Waals surface area (Å²) in [7, 11) is 0. The third-order valence-electron chi connectivity index (χ3n) is 1.61. The Labute approximate surface area is 81.8 Å². The van der Waals surface area contributed by atoms with Crippen LogP contribution in [0.25, 0.3) is 10.4 Å². The Morgan fingerprint density at radius 2 is 2.23 bits per heavy atom. The minimum absolute atomic E-state index is 0.742. The molecule has 0 heterocycles. The molecule has 1 rings (SSSR count). The van der Waals surface area contributed by atoms with Gasteiger partial charge in [0.2, 0.25) is 0 Å². The van der Waals surface area contributed by atoms with Gasteiger partial charge in [0.1, 0.15) is 0 Å². The largest absolute Gasteiger partial charge is 0.157 e. The van der Waals surface area contributed by atoms with Gasteiger partial charge in [-0.25, -0.2) is 0 Å². The van der Waals surface area contributed by atoms with Crippen LogP contribution in [-0.2, 0) is 5.75 Å². The van der Waals surface area contributed by atoms with Crippen LogP contribution in [0.1, 0.15) is 12.5 Å². The highest BCUT2D eigenvalue weighted by Crippen LogP contribution is 2.23. The van der Waals surface area contributed by atoms with E-state index in [0.29, 0.717) is 0 Å². The van der Waals surface area contributed by atoms with Crippen molar-refractivity contribution in [2.45, 2.75) is 12.7 Å². The molecule has 0 atom stereocenters. The van der Waals surface area contributed by atoms with E-state index >= 15 is 0 Å². The monoisotopic (exact) mass is 193 g/mol. The van der Waals surface area contributed by atoms with Gasteiger partial charge in [-0.2, -0.15) is 11.8 Å². The molecule has 0 N–H and O–H groups in total.